The fourth-order valence-corrected chi connectivity index (χ4v) is 4.81. The number of aryl methyl sites for hydroxylation is 2. The molecule has 3 aromatic rings. The molecule has 1 aromatic heterocycles. The maximum atomic E-state index is 13.3. The van der Waals surface area contributed by atoms with Gasteiger partial charge in [-0.15, -0.1) is 11.3 Å². The van der Waals surface area contributed by atoms with Gasteiger partial charge in [-0.1, -0.05) is 42.0 Å². The van der Waals surface area contributed by atoms with Crippen molar-refractivity contribution in [2.75, 3.05) is 6.54 Å². The monoisotopic (exact) mass is 394 g/mol. The maximum absolute atomic E-state index is 13.3. The Labute approximate surface area is 168 Å². The molecule has 28 heavy (non-hydrogen) atoms. The summed E-state index contributed by atoms with van der Waals surface area (Å²) in [6.45, 7) is 4.79. The molecule has 1 fully saturated rings. The molecule has 0 aliphatic carbocycles. The van der Waals surface area contributed by atoms with Crippen molar-refractivity contribution in [3.05, 3.63) is 75.4 Å². The lowest BCUT2D eigenvalue weighted by atomic mass is 10.0. The number of hydrogen-bond acceptors (Lipinski definition) is 3. The Kier molecular flexibility index (Phi) is 5.27. The van der Waals surface area contributed by atoms with Gasteiger partial charge in [0.1, 0.15) is 5.82 Å². The Hall–Kier alpha value is -2.53. The smallest absolute Gasteiger partial charge is 0.228 e. The van der Waals surface area contributed by atoms with E-state index in [1.807, 2.05) is 11.8 Å². The van der Waals surface area contributed by atoms with Crippen molar-refractivity contribution in [2.24, 2.45) is 0 Å². The van der Waals surface area contributed by atoms with Gasteiger partial charge in [0.25, 0.3) is 0 Å². The van der Waals surface area contributed by atoms with Gasteiger partial charge in [0.05, 0.1) is 23.2 Å². The Morgan fingerprint density at radius 2 is 1.86 bits per heavy atom. The summed E-state index contributed by atoms with van der Waals surface area (Å²) in [5, 5.41) is 0.967. The zero-order valence-electron chi connectivity index (χ0n) is 16.1. The van der Waals surface area contributed by atoms with Crippen molar-refractivity contribution in [1.29, 1.82) is 0 Å². The molecule has 2 aromatic carbocycles. The van der Waals surface area contributed by atoms with Gasteiger partial charge in [0, 0.05) is 17.0 Å². The van der Waals surface area contributed by atoms with E-state index in [9.17, 15) is 9.18 Å². The van der Waals surface area contributed by atoms with Gasteiger partial charge in [0.15, 0.2) is 0 Å². The molecule has 2 heterocycles. The Morgan fingerprint density at radius 3 is 2.57 bits per heavy atom. The first-order chi connectivity index (χ1) is 13.5. The molecule has 1 unspecified atom stereocenters. The van der Waals surface area contributed by atoms with E-state index in [-0.39, 0.29) is 17.8 Å². The van der Waals surface area contributed by atoms with E-state index in [0.717, 1.165) is 46.1 Å². The predicted octanol–water partition coefficient (Wildman–Crippen LogP) is 5.47. The highest BCUT2D eigenvalue weighted by Gasteiger charge is 2.30. The van der Waals surface area contributed by atoms with E-state index in [1.54, 1.807) is 23.5 Å². The van der Waals surface area contributed by atoms with Crippen LogP contribution in [0.15, 0.2) is 48.5 Å². The molecule has 1 atom stereocenters. The Balaban J connectivity index is 1.56. The number of hydrogen-bond donors (Lipinski definition) is 0. The zero-order valence-corrected chi connectivity index (χ0v) is 16.9. The minimum atomic E-state index is -0.248. The molecule has 1 aliphatic rings. The van der Waals surface area contributed by atoms with Crippen LogP contribution in [0.5, 0.6) is 0 Å². The number of benzene rings is 2. The Morgan fingerprint density at radius 1 is 1.14 bits per heavy atom. The highest BCUT2D eigenvalue weighted by Crippen LogP contribution is 2.34. The summed E-state index contributed by atoms with van der Waals surface area (Å²) in [6.07, 6.45) is 2.25. The largest absolute Gasteiger partial charge is 0.335 e. The van der Waals surface area contributed by atoms with Crippen LogP contribution in [-0.4, -0.2) is 22.3 Å². The number of aromatic nitrogens is 1. The third-order valence-electron chi connectivity index (χ3n) is 5.27. The summed E-state index contributed by atoms with van der Waals surface area (Å²) in [7, 11) is 0. The van der Waals surface area contributed by atoms with Gasteiger partial charge in [-0.2, -0.15) is 0 Å². The third-order valence-corrected chi connectivity index (χ3v) is 6.24. The van der Waals surface area contributed by atoms with Gasteiger partial charge in [-0.05, 0) is 44.4 Å². The molecular weight excluding hydrogens is 371 g/mol. The van der Waals surface area contributed by atoms with Crippen LogP contribution in [0.3, 0.4) is 0 Å². The van der Waals surface area contributed by atoms with Crippen LogP contribution >= 0.6 is 11.3 Å². The molecular formula is C23H23FN2OS. The summed E-state index contributed by atoms with van der Waals surface area (Å²) < 4.78 is 13.3. The summed E-state index contributed by atoms with van der Waals surface area (Å²) in [5.74, 6) is -0.133. The van der Waals surface area contributed by atoms with Gasteiger partial charge >= 0.3 is 0 Å². The normalized spacial score (nSPS) is 16.5. The topological polar surface area (TPSA) is 33.2 Å². The second kappa shape index (κ2) is 7.84. The lowest BCUT2D eigenvalue weighted by Crippen LogP contribution is -2.31. The lowest BCUT2D eigenvalue weighted by Gasteiger charge is -2.25. The second-order valence-electron chi connectivity index (χ2n) is 7.34. The summed E-state index contributed by atoms with van der Waals surface area (Å²) in [5.41, 5.74) is 4.17. The highest BCUT2D eigenvalue weighted by atomic mass is 32.1. The van der Waals surface area contributed by atoms with Crippen molar-refractivity contribution in [1.82, 2.24) is 9.88 Å². The fourth-order valence-electron chi connectivity index (χ4n) is 3.86. The zero-order chi connectivity index (χ0) is 19.7. The molecule has 5 heteroatoms. The van der Waals surface area contributed by atoms with Crippen LogP contribution in [-0.2, 0) is 11.2 Å². The van der Waals surface area contributed by atoms with Crippen LogP contribution in [0.2, 0.25) is 0 Å². The molecule has 0 spiro atoms. The highest BCUT2D eigenvalue weighted by molar-refractivity contribution is 7.12. The predicted molar refractivity (Wildman–Crippen MR) is 111 cm³/mol. The minimum Gasteiger partial charge on any atom is -0.335 e. The van der Waals surface area contributed by atoms with E-state index in [1.165, 1.54) is 17.7 Å². The van der Waals surface area contributed by atoms with E-state index >= 15 is 0 Å². The maximum Gasteiger partial charge on any atom is 0.228 e. The van der Waals surface area contributed by atoms with Crippen molar-refractivity contribution >= 4 is 17.2 Å². The van der Waals surface area contributed by atoms with Crippen LogP contribution in [0.4, 0.5) is 4.39 Å². The van der Waals surface area contributed by atoms with Crippen LogP contribution in [0.1, 0.15) is 39.9 Å². The average Bonchev–Trinajstić information content (AvgIpc) is 3.30. The van der Waals surface area contributed by atoms with Crippen LogP contribution < -0.4 is 0 Å². The molecule has 4 rings (SSSR count). The number of likely N-dealkylation sites (tertiary alicyclic amines) is 1. The van der Waals surface area contributed by atoms with Gasteiger partial charge in [-0.25, -0.2) is 9.37 Å². The lowest BCUT2D eigenvalue weighted by molar-refractivity contribution is -0.131. The number of carbonyl (C=O) groups excluding carboxylic acids is 1. The van der Waals surface area contributed by atoms with E-state index in [0.29, 0.717) is 6.42 Å². The molecule has 0 radical (unpaired) electrons. The molecule has 0 saturated carbocycles. The molecule has 144 valence electrons. The molecule has 3 nitrogen and oxygen atoms in total. The third kappa shape index (κ3) is 3.85. The number of halogens is 1. The molecule has 0 N–H and O–H groups in total. The number of rotatable bonds is 4. The average molecular weight is 395 g/mol. The van der Waals surface area contributed by atoms with E-state index in [2.05, 4.69) is 36.2 Å². The summed E-state index contributed by atoms with van der Waals surface area (Å²) >= 11 is 1.59. The number of carbonyl (C=O) groups is 1. The van der Waals surface area contributed by atoms with Crippen molar-refractivity contribution < 1.29 is 9.18 Å². The standard InChI is InChI=1S/C23H23FN2OS/c1-15-5-7-18(8-6-15)23-21(28-16(2)25-23)14-22(27)26-13-3-4-20(26)17-9-11-19(24)12-10-17/h5-12,20H,3-4,13-14H2,1-2H3. The van der Waals surface area contributed by atoms with Crippen LogP contribution in [0.25, 0.3) is 11.3 Å². The second-order valence-corrected chi connectivity index (χ2v) is 8.63. The molecule has 0 bridgehead atoms. The number of amides is 1. The van der Waals surface area contributed by atoms with Gasteiger partial charge < -0.3 is 4.90 Å². The SMILES string of the molecule is Cc1ccc(-c2nc(C)sc2CC(=O)N2CCCC2c2ccc(F)cc2)cc1. The Bertz CT molecular complexity index is 979. The molecule has 1 aliphatic heterocycles. The van der Waals surface area contributed by atoms with E-state index < -0.39 is 0 Å². The van der Waals surface area contributed by atoms with Crippen LogP contribution in [0, 0.1) is 19.7 Å². The van der Waals surface area contributed by atoms with Gasteiger partial charge in [-0.3, -0.25) is 4.79 Å². The first kappa shape index (κ1) is 18.8. The minimum absolute atomic E-state index is 0.0324. The first-order valence-electron chi connectivity index (χ1n) is 9.59. The van der Waals surface area contributed by atoms with Crippen molar-refractivity contribution in [3.63, 3.8) is 0 Å². The quantitative estimate of drug-likeness (QED) is 0.588. The number of thiazole rings is 1. The van der Waals surface area contributed by atoms with E-state index in [4.69, 9.17) is 0 Å². The summed E-state index contributed by atoms with van der Waals surface area (Å²) in [6, 6.07) is 14.8. The first-order valence-corrected chi connectivity index (χ1v) is 10.4. The molecule has 1 saturated heterocycles. The van der Waals surface area contributed by atoms with Crippen molar-refractivity contribution in [2.45, 2.75) is 39.2 Å². The summed E-state index contributed by atoms with van der Waals surface area (Å²) in [4.78, 5) is 20.8. The fraction of sp³-hybridized carbons (Fsp3) is 0.304. The van der Waals surface area contributed by atoms with Gasteiger partial charge in [0.2, 0.25) is 5.91 Å². The van der Waals surface area contributed by atoms with Crippen molar-refractivity contribution in [3.8, 4) is 11.3 Å². The molecule has 1 amide bonds. The number of nitrogens with zero attached hydrogens (tertiary/aromatic N) is 2.